The maximum Gasteiger partial charge on any atom is 0.306 e. The number of benzene rings is 1. The maximum atomic E-state index is 11.6. The molecule has 1 aliphatic rings. The van der Waals surface area contributed by atoms with Gasteiger partial charge in [0.05, 0.1) is 11.8 Å². The topological polar surface area (TPSA) is 74.6 Å². The summed E-state index contributed by atoms with van der Waals surface area (Å²) in [6.07, 6.45) is 7.94. The molecule has 0 aromatic heterocycles. The zero-order chi connectivity index (χ0) is 17.4. The fourth-order valence-corrected chi connectivity index (χ4v) is 3.78. The second-order valence-corrected chi connectivity index (χ2v) is 7.08. The average Bonchev–Trinajstić information content (AvgIpc) is 2.58. The van der Waals surface area contributed by atoms with Gasteiger partial charge in [0.15, 0.2) is 0 Å². The molecule has 1 aromatic carbocycles. The number of aliphatic carboxylic acids is 2. The first-order valence-corrected chi connectivity index (χ1v) is 9.05. The Hall–Kier alpha value is -1.84. The molecule has 2 rings (SSSR count). The van der Waals surface area contributed by atoms with Crippen molar-refractivity contribution in [2.24, 2.45) is 17.8 Å². The maximum absolute atomic E-state index is 11.6. The van der Waals surface area contributed by atoms with Crippen molar-refractivity contribution in [3.05, 3.63) is 35.9 Å². The minimum absolute atomic E-state index is 0.411. The van der Waals surface area contributed by atoms with Gasteiger partial charge in [-0.1, -0.05) is 62.4 Å². The first-order chi connectivity index (χ1) is 11.6. The van der Waals surface area contributed by atoms with Crippen molar-refractivity contribution in [1.82, 2.24) is 0 Å². The smallest absolute Gasteiger partial charge is 0.306 e. The van der Waals surface area contributed by atoms with Crippen LogP contribution in [0.2, 0.25) is 0 Å². The van der Waals surface area contributed by atoms with E-state index in [9.17, 15) is 19.8 Å². The summed E-state index contributed by atoms with van der Waals surface area (Å²) in [5, 5.41) is 19.0. The molecule has 132 valence electrons. The Morgan fingerprint density at radius 3 is 2.08 bits per heavy atom. The summed E-state index contributed by atoms with van der Waals surface area (Å²) in [5.41, 5.74) is 0.990. The zero-order valence-electron chi connectivity index (χ0n) is 14.2. The van der Waals surface area contributed by atoms with E-state index in [-0.39, 0.29) is 0 Å². The molecular formula is C20H28O4. The fraction of sp³-hybridized carbons (Fsp3) is 0.600. The van der Waals surface area contributed by atoms with Gasteiger partial charge in [0.25, 0.3) is 0 Å². The van der Waals surface area contributed by atoms with E-state index >= 15 is 0 Å². The van der Waals surface area contributed by atoms with Crippen LogP contribution in [-0.4, -0.2) is 22.2 Å². The summed E-state index contributed by atoms with van der Waals surface area (Å²) < 4.78 is 0. The van der Waals surface area contributed by atoms with Gasteiger partial charge in [-0.25, -0.2) is 0 Å². The fourth-order valence-electron chi connectivity index (χ4n) is 3.78. The number of hydrogen-bond acceptors (Lipinski definition) is 2. The monoisotopic (exact) mass is 332 g/mol. The number of rotatable bonds is 9. The second kappa shape index (κ2) is 9.45. The molecule has 0 radical (unpaired) electrons. The van der Waals surface area contributed by atoms with Crippen molar-refractivity contribution in [2.45, 2.75) is 57.8 Å². The molecule has 0 heterocycles. The van der Waals surface area contributed by atoms with Crippen LogP contribution in [0, 0.1) is 17.8 Å². The first-order valence-electron chi connectivity index (χ1n) is 9.05. The number of hydrogen-bond donors (Lipinski definition) is 2. The summed E-state index contributed by atoms with van der Waals surface area (Å²) in [7, 11) is 0. The van der Waals surface area contributed by atoms with Crippen LogP contribution in [0.5, 0.6) is 0 Å². The summed E-state index contributed by atoms with van der Waals surface area (Å²) in [6, 6.07) is 9.55. The molecule has 4 nitrogen and oxygen atoms in total. The van der Waals surface area contributed by atoms with Crippen LogP contribution in [0.4, 0.5) is 0 Å². The summed E-state index contributed by atoms with van der Waals surface area (Å²) in [4.78, 5) is 23.1. The van der Waals surface area contributed by atoms with Crippen molar-refractivity contribution in [3.8, 4) is 0 Å². The van der Waals surface area contributed by atoms with Gasteiger partial charge >= 0.3 is 11.9 Å². The highest BCUT2D eigenvalue weighted by atomic mass is 16.4. The highest BCUT2D eigenvalue weighted by Gasteiger charge is 2.26. The Labute approximate surface area is 143 Å². The van der Waals surface area contributed by atoms with Gasteiger partial charge in [-0.2, -0.15) is 0 Å². The lowest BCUT2D eigenvalue weighted by Crippen LogP contribution is -2.23. The summed E-state index contributed by atoms with van der Waals surface area (Å²) in [6.45, 7) is 0. The molecule has 1 fully saturated rings. The predicted octanol–water partition coefficient (Wildman–Crippen LogP) is 4.38. The highest BCUT2D eigenvalue weighted by Crippen LogP contribution is 2.31. The van der Waals surface area contributed by atoms with Crippen LogP contribution < -0.4 is 0 Å². The molecule has 24 heavy (non-hydrogen) atoms. The van der Waals surface area contributed by atoms with Crippen molar-refractivity contribution in [1.29, 1.82) is 0 Å². The van der Waals surface area contributed by atoms with Crippen LogP contribution in [-0.2, 0) is 16.0 Å². The van der Waals surface area contributed by atoms with E-state index in [1.165, 1.54) is 19.3 Å². The largest absolute Gasteiger partial charge is 0.481 e. The highest BCUT2D eigenvalue weighted by molar-refractivity contribution is 5.71. The number of carboxylic acid groups (broad SMARTS) is 2. The van der Waals surface area contributed by atoms with Gasteiger partial charge in [0.2, 0.25) is 0 Å². The normalized spacial score (nSPS) is 18.0. The van der Waals surface area contributed by atoms with Crippen LogP contribution in [0.3, 0.4) is 0 Å². The van der Waals surface area contributed by atoms with Gasteiger partial charge < -0.3 is 10.2 Å². The van der Waals surface area contributed by atoms with E-state index < -0.39 is 23.8 Å². The Bertz CT molecular complexity index is 520. The Kier molecular flexibility index (Phi) is 7.29. The van der Waals surface area contributed by atoms with E-state index in [0.29, 0.717) is 31.6 Å². The third-order valence-electron chi connectivity index (χ3n) is 5.23. The first kappa shape index (κ1) is 18.5. The number of carbonyl (C=O) groups is 2. The van der Waals surface area contributed by atoms with Crippen molar-refractivity contribution < 1.29 is 19.8 Å². The molecule has 1 aromatic rings. The van der Waals surface area contributed by atoms with Gasteiger partial charge in [0, 0.05) is 0 Å². The molecule has 0 bridgehead atoms. The Morgan fingerprint density at radius 2 is 1.50 bits per heavy atom. The third kappa shape index (κ3) is 5.99. The van der Waals surface area contributed by atoms with E-state index in [1.54, 1.807) is 0 Å². The molecule has 0 aliphatic heterocycles. The molecule has 0 spiro atoms. The SMILES string of the molecule is O=C(O)C(CCC(CC1CCCCC1)C(=O)O)Cc1ccccc1. The van der Waals surface area contributed by atoms with Crippen LogP contribution >= 0.6 is 0 Å². The van der Waals surface area contributed by atoms with E-state index in [0.717, 1.165) is 18.4 Å². The van der Waals surface area contributed by atoms with Gasteiger partial charge in [-0.05, 0) is 37.2 Å². The molecule has 1 saturated carbocycles. The molecule has 1 aliphatic carbocycles. The molecule has 2 atom stereocenters. The number of carboxylic acids is 2. The van der Waals surface area contributed by atoms with Crippen LogP contribution in [0.25, 0.3) is 0 Å². The molecule has 4 heteroatoms. The van der Waals surface area contributed by atoms with E-state index in [1.807, 2.05) is 30.3 Å². The molecule has 0 saturated heterocycles. The average molecular weight is 332 g/mol. The third-order valence-corrected chi connectivity index (χ3v) is 5.23. The summed E-state index contributed by atoms with van der Waals surface area (Å²) in [5.74, 6) is -2.03. The van der Waals surface area contributed by atoms with Crippen molar-refractivity contribution >= 4 is 11.9 Å². The molecule has 0 amide bonds. The Morgan fingerprint density at radius 1 is 0.917 bits per heavy atom. The minimum atomic E-state index is -0.833. The van der Waals surface area contributed by atoms with E-state index in [2.05, 4.69) is 0 Å². The van der Waals surface area contributed by atoms with Gasteiger partial charge in [0.1, 0.15) is 0 Å². The minimum Gasteiger partial charge on any atom is -0.481 e. The van der Waals surface area contributed by atoms with Gasteiger partial charge in [-0.3, -0.25) is 9.59 Å². The molecule has 2 unspecified atom stereocenters. The van der Waals surface area contributed by atoms with E-state index in [4.69, 9.17) is 0 Å². The Balaban J connectivity index is 1.89. The van der Waals surface area contributed by atoms with Crippen LogP contribution in [0.1, 0.15) is 56.9 Å². The quantitative estimate of drug-likeness (QED) is 0.703. The lowest BCUT2D eigenvalue weighted by Gasteiger charge is -2.25. The lowest BCUT2D eigenvalue weighted by atomic mass is 9.80. The van der Waals surface area contributed by atoms with Crippen molar-refractivity contribution in [2.75, 3.05) is 0 Å². The van der Waals surface area contributed by atoms with Crippen molar-refractivity contribution in [3.63, 3.8) is 0 Å². The van der Waals surface area contributed by atoms with Crippen LogP contribution in [0.15, 0.2) is 30.3 Å². The zero-order valence-corrected chi connectivity index (χ0v) is 14.2. The van der Waals surface area contributed by atoms with Gasteiger partial charge in [-0.15, -0.1) is 0 Å². The standard InChI is InChI=1S/C20H28O4/c21-19(22)17(13-15-7-3-1-4-8-15)11-12-18(20(23)24)14-16-9-5-2-6-10-16/h1,3-4,7-8,16-18H,2,5-6,9-14H2,(H,21,22)(H,23,24). The predicted molar refractivity (Wildman–Crippen MR) is 92.8 cm³/mol. The molecule has 2 N–H and O–H groups in total. The molecular weight excluding hydrogens is 304 g/mol. The summed E-state index contributed by atoms with van der Waals surface area (Å²) >= 11 is 0. The second-order valence-electron chi connectivity index (χ2n) is 7.08. The lowest BCUT2D eigenvalue weighted by molar-refractivity contribution is -0.145.